The smallest absolute Gasteiger partial charge is 0.120 e. The van der Waals surface area contributed by atoms with Gasteiger partial charge >= 0.3 is 0 Å². The predicted molar refractivity (Wildman–Crippen MR) is 57.8 cm³/mol. The van der Waals surface area contributed by atoms with Crippen molar-refractivity contribution in [2.75, 3.05) is 0 Å². The van der Waals surface area contributed by atoms with Crippen molar-refractivity contribution >= 4 is 0 Å². The van der Waals surface area contributed by atoms with E-state index in [0.29, 0.717) is 0 Å². The van der Waals surface area contributed by atoms with E-state index in [1.165, 1.54) is 24.8 Å². The van der Waals surface area contributed by atoms with Crippen LogP contribution < -0.4 is 5.73 Å². The van der Waals surface area contributed by atoms with Crippen LogP contribution in [0.5, 0.6) is 0 Å². The molecule has 1 unspecified atom stereocenters. The minimum absolute atomic E-state index is 0.0910. The normalized spacial score (nSPS) is 35.8. The summed E-state index contributed by atoms with van der Waals surface area (Å²) >= 11 is 0. The first kappa shape index (κ1) is 9.78. The Hall–Kier alpha value is -0.760. The minimum Gasteiger partial charge on any atom is -0.487 e. The first-order valence-electron chi connectivity index (χ1n) is 5.48. The lowest BCUT2D eigenvalue weighted by Crippen LogP contribution is -2.49. The van der Waals surface area contributed by atoms with Crippen molar-refractivity contribution < 1.29 is 4.74 Å². The van der Waals surface area contributed by atoms with Crippen molar-refractivity contribution in [3.05, 3.63) is 23.5 Å². The first-order chi connectivity index (χ1) is 6.71. The molecule has 78 valence electrons. The molecule has 0 radical (unpaired) electrons. The number of allylic oxidation sites excluding steroid dienone is 2. The summed E-state index contributed by atoms with van der Waals surface area (Å²) in [5.74, 6) is 1.01. The maximum atomic E-state index is 6.15. The number of ether oxygens (including phenoxy) is 1. The van der Waals surface area contributed by atoms with Gasteiger partial charge in [0.2, 0.25) is 0 Å². The summed E-state index contributed by atoms with van der Waals surface area (Å²) in [6.45, 7) is 4.05. The van der Waals surface area contributed by atoms with E-state index < -0.39 is 0 Å². The highest BCUT2D eigenvalue weighted by atomic mass is 16.5. The summed E-state index contributed by atoms with van der Waals surface area (Å²) in [6.07, 6.45) is 8.74. The highest BCUT2D eigenvalue weighted by molar-refractivity contribution is 5.34. The van der Waals surface area contributed by atoms with E-state index in [1.807, 2.05) is 19.9 Å². The predicted octanol–water partition coefficient (Wildman–Crippen LogP) is 2.51. The standard InChI is InChI=1S/C12H19NO/c1-3-9-10(13)8-12(6-5-7-12)14-11(9)4-2/h3-4,10H,5-8,13H2,1-2H3/b9-3-,11-4+. The van der Waals surface area contributed by atoms with Gasteiger partial charge in [0.1, 0.15) is 11.4 Å². The zero-order valence-electron chi connectivity index (χ0n) is 9.05. The molecule has 0 amide bonds. The van der Waals surface area contributed by atoms with Gasteiger partial charge in [-0.05, 0) is 39.2 Å². The highest BCUT2D eigenvalue weighted by Crippen LogP contribution is 2.46. The molecule has 1 aliphatic heterocycles. The van der Waals surface area contributed by atoms with Gasteiger partial charge in [0.15, 0.2) is 0 Å². The van der Waals surface area contributed by atoms with E-state index in [1.54, 1.807) is 0 Å². The van der Waals surface area contributed by atoms with Crippen LogP contribution in [0.3, 0.4) is 0 Å². The second kappa shape index (κ2) is 3.43. The summed E-state index contributed by atoms with van der Waals surface area (Å²) in [6, 6.07) is 0.167. The van der Waals surface area contributed by atoms with Crippen LogP contribution in [0.2, 0.25) is 0 Å². The van der Waals surface area contributed by atoms with E-state index in [-0.39, 0.29) is 11.6 Å². The van der Waals surface area contributed by atoms with E-state index in [9.17, 15) is 0 Å². The third-order valence-electron chi connectivity index (χ3n) is 3.44. The zero-order chi connectivity index (χ0) is 10.2. The first-order valence-corrected chi connectivity index (χ1v) is 5.48. The molecular weight excluding hydrogens is 174 g/mol. The molecule has 1 saturated heterocycles. The Kier molecular flexibility index (Phi) is 2.40. The molecule has 2 nitrogen and oxygen atoms in total. The molecular formula is C12H19NO. The SMILES string of the molecule is C/C=C1\C(=C/C)OC2(CCC2)CC1N. The van der Waals surface area contributed by atoms with Gasteiger partial charge in [-0.3, -0.25) is 0 Å². The molecule has 1 saturated carbocycles. The lowest BCUT2D eigenvalue weighted by Gasteiger charge is -2.48. The van der Waals surface area contributed by atoms with E-state index in [0.717, 1.165) is 12.2 Å². The zero-order valence-corrected chi connectivity index (χ0v) is 9.05. The van der Waals surface area contributed by atoms with Gasteiger partial charge < -0.3 is 10.5 Å². The van der Waals surface area contributed by atoms with E-state index >= 15 is 0 Å². The van der Waals surface area contributed by atoms with Crippen LogP contribution in [0.1, 0.15) is 39.5 Å². The summed E-state index contributed by atoms with van der Waals surface area (Å²) in [7, 11) is 0. The largest absolute Gasteiger partial charge is 0.487 e. The van der Waals surface area contributed by atoms with Crippen molar-refractivity contribution in [1.82, 2.24) is 0 Å². The average Bonchev–Trinajstić information content (AvgIpc) is 2.14. The summed E-state index contributed by atoms with van der Waals surface area (Å²) in [5.41, 5.74) is 7.41. The molecule has 2 fully saturated rings. The van der Waals surface area contributed by atoms with Crippen molar-refractivity contribution in [3.63, 3.8) is 0 Å². The second-order valence-corrected chi connectivity index (χ2v) is 4.35. The summed E-state index contributed by atoms with van der Waals surface area (Å²) in [5, 5.41) is 0. The van der Waals surface area contributed by atoms with Crippen molar-refractivity contribution in [2.24, 2.45) is 5.73 Å². The van der Waals surface area contributed by atoms with Crippen LogP contribution in [0.15, 0.2) is 23.5 Å². The Balaban J connectivity index is 2.23. The van der Waals surface area contributed by atoms with Crippen LogP contribution in [-0.4, -0.2) is 11.6 Å². The van der Waals surface area contributed by atoms with E-state index in [4.69, 9.17) is 10.5 Å². The van der Waals surface area contributed by atoms with Crippen molar-refractivity contribution in [1.29, 1.82) is 0 Å². The molecule has 1 aliphatic carbocycles. The highest BCUT2D eigenvalue weighted by Gasteiger charge is 2.45. The van der Waals surface area contributed by atoms with Gasteiger partial charge in [0.05, 0.1) is 0 Å². The fourth-order valence-corrected chi connectivity index (χ4v) is 2.49. The number of hydrogen-bond acceptors (Lipinski definition) is 2. The van der Waals surface area contributed by atoms with Gasteiger partial charge in [-0.15, -0.1) is 0 Å². The third-order valence-corrected chi connectivity index (χ3v) is 3.44. The van der Waals surface area contributed by atoms with Gasteiger partial charge in [-0.1, -0.05) is 6.08 Å². The minimum atomic E-state index is 0.0910. The molecule has 0 aromatic carbocycles. The van der Waals surface area contributed by atoms with Gasteiger partial charge in [-0.25, -0.2) is 0 Å². The number of nitrogens with two attached hydrogens (primary N) is 1. The Labute approximate surface area is 85.8 Å². The van der Waals surface area contributed by atoms with Crippen LogP contribution in [0.4, 0.5) is 0 Å². The quantitative estimate of drug-likeness (QED) is 0.641. The average molecular weight is 193 g/mol. The van der Waals surface area contributed by atoms with Gasteiger partial charge in [0, 0.05) is 18.0 Å². The van der Waals surface area contributed by atoms with Crippen LogP contribution in [-0.2, 0) is 4.74 Å². The summed E-state index contributed by atoms with van der Waals surface area (Å²) < 4.78 is 6.05. The Bertz CT molecular complexity index is 287. The molecule has 2 rings (SSSR count). The monoisotopic (exact) mass is 193 g/mol. The molecule has 1 heterocycles. The fraction of sp³-hybridized carbons (Fsp3) is 0.667. The maximum Gasteiger partial charge on any atom is 0.120 e. The van der Waals surface area contributed by atoms with E-state index in [2.05, 4.69) is 6.08 Å². The third kappa shape index (κ3) is 1.38. The molecule has 1 spiro atoms. The van der Waals surface area contributed by atoms with Gasteiger partial charge in [0.25, 0.3) is 0 Å². The molecule has 2 heteroatoms. The lowest BCUT2D eigenvalue weighted by atomic mass is 9.72. The number of rotatable bonds is 0. The number of hydrogen-bond donors (Lipinski definition) is 1. The Morgan fingerprint density at radius 3 is 2.50 bits per heavy atom. The fourth-order valence-electron chi connectivity index (χ4n) is 2.49. The second-order valence-electron chi connectivity index (χ2n) is 4.35. The Morgan fingerprint density at radius 1 is 1.36 bits per heavy atom. The summed E-state index contributed by atoms with van der Waals surface area (Å²) in [4.78, 5) is 0. The maximum absolute atomic E-state index is 6.15. The molecule has 0 aromatic rings. The molecule has 2 N–H and O–H groups in total. The molecule has 2 aliphatic rings. The topological polar surface area (TPSA) is 35.2 Å². The van der Waals surface area contributed by atoms with Crippen molar-refractivity contribution in [2.45, 2.75) is 51.2 Å². The van der Waals surface area contributed by atoms with Crippen LogP contribution in [0, 0.1) is 0 Å². The molecule has 0 bridgehead atoms. The lowest BCUT2D eigenvalue weighted by molar-refractivity contribution is -0.0811. The van der Waals surface area contributed by atoms with Crippen LogP contribution in [0.25, 0.3) is 0 Å². The molecule has 0 aromatic heterocycles. The molecule has 1 atom stereocenters. The van der Waals surface area contributed by atoms with Gasteiger partial charge in [-0.2, -0.15) is 0 Å². The van der Waals surface area contributed by atoms with Crippen molar-refractivity contribution in [3.8, 4) is 0 Å². The van der Waals surface area contributed by atoms with Crippen LogP contribution >= 0.6 is 0 Å². The Morgan fingerprint density at radius 2 is 2.07 bits per heavy atom. The molecule has 14 heavy (non-hydrogen) atoms.